The molecular formula is C43H64N12O25. The summed E-state index contributed by atoms with van der Waals surface area (Å²) in [6.07, 6.45) is -10.0. The molecule has 0 aliphatic heterocycles. The van der Waals surface area contributed by atoms with Crippen LogP contribution in [0.5, 0.6) is 0 Å². The monoisotopic (exact) mass is 1150 g/mol. The van der Waals surface area contributed by atoms with Gasteiger partial charge in [-0.25, -0.2) is 0 Å². The summed E-state index contributed by atoms with van der Waals surface area (Å²) >= 11 is 0. The van der Waals surface area contributed by atoms with Gasteiger partial charge in [0.2, 0.25) is 70.9 Å². The Morgan fingerprint density at radius 1 is 0.325 bits per heavy atom. The summed E-state index contributed by atoms with van der Waals surface area (Å²) in [7, 11) is 0. The van der Waals surface area contributed by atoms with Gasteiger partial charge in [-0.3, -0.25) is 86.3 Å². The number of nitrogens with one attached hydrogen (secondary N) is 10. The molecule has 0 unspecified atom stereocenters. The van der Waals surface area contributed by atoms with Crippen LogP contribution >= 0.6 is 0 Å². The molecule has 0 bridgehead atoms. The van der Waals surface area contributed by atoms with Gasteiger partial charge in [-0.15, -0.1) is 0 Å². The maximum atomic E-state index is 13.6. The summed E-state index contributed by atoms with van der Waals surface area (Å²) in [6.45, 7) is 2.15. The van der Waals surface area contributed by atoms with Crippen molar-refractivity contribution < 1.29 is 122 Å². The summed E-state index contributed by atoms with van der Waals surface area (Å²) < 4.78 is 0. The molecule has 37 heteroatoms. The van der Waals surface area contributed by atoms with Crippen LogP contribution in [0.25, 0.3) is 0 Å². The molecule has 0 radical (unpaired) electrons. The van der Waals surface area contributed by atoms with Crippen LogP contribution in [-0.4, -0.2) is 209 Å². The first-order valence-electron chi connectivity index (χ1n) is 23.6. The molecule has 0 aromatic carbocycles. The van der Waals surface area contributed by atoms with Gasteiger partial charge in [-0.1, -0.05) is 0 Å². The van der Waals surface area contributed by atoms with Crippen LogP contribution in [0.4, 0.5) is 0 Å². The molecule has 10 atom stereocenters. The van der Waals surface area contributed by atoms with Crippen molar-refractivity contribution in [3.63, 3.8) is 0 Å². The molecule has 80 heavy (non-hydrogen) atoms. The first kappa shape index (κ1) is 70.4. The fraction of sp³-hybridized carbons (Fsp3) is 0.581. The predicted octanol–water partition coefficient (Wildman–Crippen LogP) is -9.34. The van der Waals surface area contributed by atoms with Crippen LogP contribution in [0.3, 0.4) is 0 Å². The largest absolute Gasteiger partial charge is 0.481 e. The van der Waals surface area contributed by atoms with E-state index in [1.54, 1.807) is 0 Å². The zero-order valence-electron chi connectivity index (χ0n) is 42.9. The average molecular weight is 1150 g/mol. The van der Waals surface area contributed by atoms with Crippen LogP contribution in [0, 0.1) is 0 Å². The van der Waals surface area contributed by atoms with Crippen molar-refractivity contribution in [2.45, 2.75) is 152 Å². The molecular weight excluding hydrogens is 1080 g/mol. The molecule has 37 nitrogen and oxygen atoms in total. The number of hydrogen-bond acceptors (Lipinski definition) is 19. The van der Waals surface area contributed by atoms with Gasteiger partial charge in [-0.2, -0.15) is 0 Å². The van der Waals surface area contributed by atoms with Gasteiger partial charge in [0.1, 0.15) is 60.4 Å². The summed E-state index contributed by atoms with van der Waals surface area (Å²) in [5.41, 5.74) is 10.4. The minimum Gasteiger partial charge on any atom is -0.481 e. The number of carbonyl (C=O) groups excluding carboxylic acids is 12. The lowest BCUT2D eigenvalue weighted by atomic mass is 10.1. The lowest BCUT2D eigenvalue weighted by Crippen LogP contribution is -2.61. The quantitative estimate of drug-likeness (QED) is 0.0272. The van der Waals surface area contributed by atoms with E-state index in [2.05, 4.69) is 21.3 Å². The van der Waals surface area contributed by atoms with Gasteiger partial charge in [0.25, 0.3) is 0 Å². The smallest absolute Gasteiger partial charge is 0.305 e. The average Bonchev–Trinajstić information content (AvgIpc) is 3.32. The molecule has 0 aliphatic carbocycles. The number of aliphatic hydroxyl groups is 1. The van der Waals surface area contributed by atoms with Crippen molar-refractivity contribution in [1.82, 2.24) is 53.2 Å². The van der Waals surface area contributed by atoms with Gasteiger partial charge >= 0.3 is 35.8 Å². The Bertz CT molecular complexity index is 2370. The van der Waals surface area contributed by atoms with E-state index in [4.69, 9.17) is 21.7 Å². The molecule has 0 aliphatic rings. The Labute approximate surface area is 451 Å². The van der Waals surface area contributed by atoms with Crippen LogP contribution in [0.15, 0.2) is 0 Å². The number of aliphatic hydroxyl groups excluding tert-OH is 1. The Morgan fingerprint density at radius 2 is 0.575 bits per heavy atom. The number of carboxylic acids is 6. The molecule has 0 aromatic heterocycles. The fourth-order valence-electron chi connectivity index (χ4n) is 6.51. The first-order chi connectivity index (χ1) is 37.1. The predicted molar refractivity (Wildman–Crippen MR) is 258 cm³/mol. The maximum absolute atomic E-state index is 13.6. The summed E-state index contributed by atoms with van der Waals surface area (Å²) in [5, 5.41) is 85.9. The lowest BCUT2D eigenvalue weighted by molar-refractivity contribution is -0.143. The normalized spacial score (nSPS) is 14.4. The number of hydrogen-bond donors (Lipinski definition) is 19. The Balaban J connectivity index is 6.62. The molecule has 0 fully saturated rings. The van der Waals surface area contributed by atoms with Crippen LogP contribution in [0.2, 0.25) is 0 Å². The molecule has 12 amide bonds. The standard InChI is InChI=1S/C43H64N12O25/c1-16(34(45)71)46-36(73)19(4-7-28(59)60)49-37(74)20(5-8-29(61)62)51-42(79)25(14-32(67)68)53-35(72)17(2)47-40(77)23(12-27(44)58)54-43(80)26(15-33(69)70)55-38(75)21(6-9-30(63)64)50-39(76)22(10-11-56)52-41(78)24(13-31(65)66)48-18(3)57/h16-17,19-26,56H,4-15H2,1-3H3,(H2,44,58)(H2,45,71)(H,46,73)(H,47,77)(H,48,57)(H,49,74)(H,50,76)(H,51,79)(H,52,78)(H,53,72)(H,54,80)(H,55,75)(H,59,60)(H,61,62)(H,63,64)(H,65,66)(H,67,68)(H,69,70)/t16-,17-,19-,20-,21-,22-,23-,24-,25-,26-/m1/s1. The molecule has 0 aromatic rings. The Hall–Kier alpha value is -9.58. The van der Waals surface area contributed by atoms with E-state index in [-0.39, 0.29) is 0 Å². The Morgan fingerprint density at radius 3 is 0.863 bits per heavy atom. The minimum atomic E-state index is -2.26. The van der Waals surface area contributed by atoms with Crippen molar-refractivity contribution in [3.8, 4) is 0 Å². The third-order valence-corrected chi connectivity index (χ3v) is 10.6. The summed E-state index contributed by atoms with van der Waals surface area (Å²) in [5.74, 6) is -25.4. The highest BCUT2D eigenvalue weighted by Crippen LogP contribution is 2.09. The van der Waals surface area contributed by atoms with E-state index in [0.29, 0.717) is 0 Å². The van der Waals surface area contributed by atoms with Gasteiger partial charge in [-0.05, 0) is 39.5 Å². The van der Waals surface area contributed by atoms with Crippen LogP contribution < -0.4 is 64.6 Å². The van der Waals surface area contributed by atoms with Crippen molar-refractivity contribution in [2.24, 2.45) is 11.5 Å². The number of aliphatic carboxylic acids is 6. The van der Waals surface area contributed by atoms with Gasteiger partial charge < -0.3 is 100 Å². The van der Waals surface area contributed by atoms with E-state index < -0.39 is 244 Å². The highest BCUT2D eigenvalue weighted by Gasteiger charge is 2.37. The molecule has 0 saturated heterocycles. The van der Waals surface area contributed by atoms with Crippen LogP contribution in [0.1, 0.15) is 91.4 Å². The topological polar surface area (TPSA) is 621 Å². The van der Waals surface area contributed by atoms with E-state index in [1.165, 1.54) is 0 Å². The van der Waals surface area contributed by atoms with Crippen molar-refractivity contribution in [2.75, 3.05) is 6.61 Å². The summed E-state index contributed by atoms with van der Waals surface area (Å²) in [6, 6.07) is -19.1. The maximum Gasteiger partial charge on any atom is 0.305 e. The lowest BCUT2D eigenvalue weighted by Gasteiger charge is -2.27. The van der Waals surface area contributed by atoms with Gasteiger partial charge in [0.15, 0.2) is 0 Å². The third-order valence-electron chi connectivity index (χ3n) is 10.6. The minimum absolute atomic E-state index is 0.620. The molecule has 0 heterocycles. The number of primary amides is 2. The molecule has 0 rings (SSSR count). The van der Waals surface area contributed by atoms with Crippen molar-refractivity contribution >= 4 is 107 Å². The molecule has 0 spiro atoms. The highest BCUT2D eigenvalue weighted by molar-refractivity contribution is 6.01. The Kier molecular flexibility index (Phi) is 30.8. The fourth-order valence-corrected chi connectivity index (χ4v) is 6.51. The van der Waals surface area contributed by atoms with Crippen molar-refractivity contribution in [1.29, 1.82) is 0 Å². The molecule has 446 valence electrons. The van der Waals surface area contributed by atoms with E-state index in [0.717, 1.165) is 20.8 Å². The van der Waals surface area contributed by atoms with E-state index in [9.17, 15) is 112 Å². The second-order valence-corrected chi connectivity index (χ2v) is 17.3. The number of amides is 12. The number of carboxylic acid groups (broad SMARTS) is 6. The summed E-state index contributed by atoms with van der Waals surface area (Å²) in [4.78, 5) is 224. The third kappa shape index (κ3) is 28.5. The van der Waals surface area contributed by atoms with E-state index in [1.807, 2.05) is 31.9 Å². The zero-order valence-corrected chi connectivity index (χ0v) is 42.9. The zero-order chi connectivity index (χ0) is 61.7. The van der Waals surface area contributed by atoms with Crippen LogP contribution in [-0.2, 0) is 86.3 Å². The van der Waals surface area contributed by atoms with E-state index >= 15 is 0 Å². The van der Waals surface area contributed by atoms with Crippen molar-refractivity contribution in [3.05, 3.63) is 0 Å². The second kappa shape index (κ2) is 35.0. The number of rotatable bonds is 39. The molecule has 21 N–H and O–H groups in total. The van der Waals surface area contributed by atoms with Gasteiger partial charge in [0, 0.05) is 32.8 Å². The SMILES string of the molecule is CC(=O)N[C@H](CC(=O)O)C(=O)N[C@H](CCO)C(=O)N[C@H](CCC(=O)O)C(=O)N[C@H](CC(=O)O)C(=O)N[C@H](CC(N)=O)C(=O)N[C@H](C)C(=O)N[C@H](CC(=O)O)C(=O)N[C@H](CCC(=O)O)C(=O)N[C@H](CCC(=O)O)C(=O)N[C@H](C)C(N)=O. The number of nitrogens with two attached hydrogens (primary N) is 2. The first-order valence-corrected chi connectivity index (χ1v) is 23.6. The molecule has 0 saturated carbocycles. The number of carbonyl (C=O) groups is 18. The second-order valence-electron chi connectivity index (χ2n) is 17.3. The van der Waals surface area contributed by atoms with Gasteiger partial charge in [0.05, 0.1) is 25.7 Å². The highest BCUT2D eigenvalue weighted by atomic mass is 16.4.